The summed E-state index contributed by atoms with van der Waals surface area (Å²) in [6.07, 6.45) is 21.2. The molecule has 5 nitrogen and oxygen atoms in total. The molecule has 0 aromatic heterocycles. The molecule has 0 bridgehead atoms. The molecule has 5 heteroatoms. The number of unbranched alkanes of at least 4 members (excludes halogenated alkanes) is 12. The quantitative estimate of drug-likeness (QED) is 0.0918. The van der Waals surface area contributed by atoms with E-state index in [4.69, 9.17) is 9.84 Å². The van der Waals surface area contributed by atoms with Gasteiger partial charge in [0, 0.05) is 19.7 Å². The summed E-state index contributed by atoms with van der Waals surface area (Å²) >= 11 is 0. The molecule has 0 aliphatic rings. The zero-order valence-electron chi connectivity index (χ0n) is 23.8. The van der Waals surface area contributed by atoms with Crippen LogP contribution in [0.15, 0.2) is 0 Å². The molecule has 35 heavy (non-hydrogen) atoms. The van der Waals surface area contributed by atoms with Crippen LogP contribution in [0.4, 0.5) is 0 Å². The van der Waals surface area contributed by atoms with Crippen molar-refractivity contribution in [3.8, 4) is 0 Å². The van der Waals surface area contributed by atoms with E-state index in [0.29, 0.717) is 13.2 Å². The Balaban J connectivity index is 4.06. The Morgan fingerprint density at radius 1 is 0.714 bits per heavy atom. The van der Waals surface area contributed by atoms with Crippen LogP contribution in [0.5, 0.6) is 0 Å². The number of rotatable bonds is 27. The van der Waals surface area contributed by atoms with E-state index in [0.717, 1.165) is 83.7 Å². The SMILES string of the molecule is CCCCCCCCC(CCCCCC)C(=O)OCCCCCCCN(CCCO)CC(O)CC. The number of esters is 1. The molecule has 0 spiro atoms. The molecule has 0 aromatic rings. The lowest BCUT2D eigenvalue weighted by atomic mass is 9.94. The largest absolute Gasteiger partial charge is 0.465 e. The van der Waals surface area contributed by atoms with Crippen molar-refractivity contribution in [3.05, 3.63) is 0 Å². The summed E-state index contributed by atoms with van der Waals surface area (Å²) < 4.78 is 5.70. The van der Waals surface area contributed by atoms with Crippen LogP contribution in [-0.4, -0.2) is 60.0 Å². The van der Waals surface area contributed by atoms with E-state index in [1.165, 1.54) is 51.4 Å². The number of aliphatic hydroxyl groups excluding tert-OH is 2. The molecule has 210 valence electrons. The minimum Gasteiger partial charge on any atom is -0.465 e. The van der Waals surface area contributed by atoms with Crippen LogP contribution < -0.4 is 0 Å². The molecule has 2 atom stereocenters. The van der Waals surface area contributed by atoms with Crippen molar-refractivity contribution in [1.82, 2.24) is 4.90 Å². The van der Waals surface area contributed by atoms with Crippen molar-refractivity contribution in [3.63, 3.8) is 0 Å². The topological polar surface area (TPSA) is 70.0 Å². The van der Waals surface area contributed by atoms with E-state index >= 15 is 0 Å². The predicted octanol–water partition coefficient (Wildman–Crippen LogP) is 7.27. The number of nitrogens with zero attached hydrogens (tertiary/aromatic N) is 1. The molecular weight excluding hydrogens is 438 g/mol. The zero-order valence-corrected chi connectivity index (χ0v) is 23.8. The maximum Gasteiger partial charge on any atom is 0.308 e. The third kappa shape index (κ3) is 22.3. The van der Waals surface area contributed by atoms with E-state index in [2.05, 4.69) is 18.7 Å². The van der Waals surface area contributed by atoms with E-state index < -0.39 is 0 Å². The van der Waals surface area contributed by atoms with E-state index in [1.807, 2.05) is 6.92 Å². The molecule has 0 rings (SSSR count). The van der Waals surface area contributed by atoms with Crippen molar-refractivity contribution in [2.45, 2.75) is 149 Å². The fourth-order valence-corrected chi connectivity index (χ4v) is 4.64. The smallest absolute Gasteiger partial charge is 0.308 e. The van der Waals surface area contributed by atoms with Crippen molar-refractivity contribution in [2.24, 2.45) is 5.92 Å². The van der Waals surface area contributed by atoms with Gasteiger partial charge in [-0.25, -0.2) is 0 Å². The van der Waals surface area contributed by atoms with Gasteiger partial charge >= 0.3 is 5.97 Å². The van der Waals surface area contributed by atoms with Crippen LogP contribution in [0.2, 0.25) is 0 Å². The molecule has 0 heterocycles. The average Bonchev–Trinajstić information content (AvgIpc) is 2.86. The molecule has 2 N–H and O–H groups in total. The summed E-state index contributed by atoms with van der Waals surface area (Å²) in [5.74, 6) is 0.144. The first-order valence-corrected chi connectivity index (χ1v) is 15.3. The Kier molecular flexibility index (Phi) is 25.9. The Morgan fingerprint density at radius 3 is 1.83 bits per heavy atom. The third-order valence-electron chi connectivity index (χ3n) is 7.08. The fraction of sp³-hybridized carbons (Fsp3) is 0.967. The summed E-state index contributed by atoms with van der Waals surface area (Å²) in [5.41, 5.74) is 0. The number of carbonyl (C=O) groups excluding carboxylic acids is 1. The minimum atomic E-state index is -0.278. The van der Waals surface area contributed by atoms with Gasteiger partial charge in [-0.15, -0.1) is 0 Å². The van der Waals surface area contributed by atoms with Crippen LogP contribution in [-0.2, 0) is 9.53 Å². The van der Waals surface area contributed by atoms with Crippen LogP contribution in [0.25, 0.3) is 0 Å². The van der Waals surface area contributed by atoms with Gasteiger partial charge in [0.1, 0.15) is 0 Å². The van der Waals surface area contributed by atoms with Crippen LogP contribution in [0.1, 0.15) is 143 Å². The molecule has 0 aliphatic carbocycles. The van der Waals surface area contributed by atoms with Crippen LogP contribution >= 0.6 is 0 Å². The van der Waals surface area contributed by atoms with Crippen LogP contribution in [0, 0.1) is 5.92 Å². The summed E-state index contributed by atoms with van der Waals surface area (Å²) in [6.45, 7) is 9.77. The molecule has 0 aliphatic heterocycles. The summed E-state index contributed by atoms with van der Waals surface area (Å²) in [5, 5.41) is 19.0. The molecule has 0 amide bonds. The summed E-state index contributed by atoms with van der Waals surface area (Å²) in [7, 11) is 0. The van der Waals surface area contributed by atoms with Gasteiger partial charge in [0.25, 0.3) is 0 Å². The molecule has 0 radical (unpaired) electrons. The van der Waals surface area contributed by atoms with Crippen molar-refractivity contribution in [1.29, 1.82) is 0 Å². The number of carbonyl (C=O) groups is 1. The highest BCUT2D eigenvalue weighted by Gasteiger charge is 2.19. The highest BCUT2D eigenvalue weighted by atomic mass is 16.5. The number of hydrogen-bond donors (Lipinski definition) is 2. The second kappa shape index (κ2) is 26.4. The van der Waals surface area contributed by atoms with Gasteiger partial charge in [-0.3, -0.25) is 4.79 Å². The van der Waals surface area contributed by atoms with Gasteiger partial charge in [0.15, 0.2) is 0 Å². The predicted molar refractivity (Wildman–Crippen MR) is 149 cm³/mol. The van der Waals surface area contributed by atoms with Crippen molar-refractivity contribution < 1.29 is 19.7 Å². The summed E-state index contributed by atoms with van der Waals surface area (Å²) in [4.78, 5) is 15.0. The Labute approximate surface area is 218 Å². The molecule has 0 saturated carbocycles. The number of hydrogen-bond acceptors (Lipinski definition) is 5. The second-order valence-corrected chi connectivity index (χ2v) is 10.5. The lowest BCUT2D eigenvalue weighted by molar-refractivity contribution is -0.149. The Morgan fingerprint density at radius 2 is 1.23 bits per heavy atom. The summed E-state index contributed by atoms with van der Waals surface area (Å²) in [6, 6.07) is 0. The third-order valence-corrected chi connectivity index (χ3v) is 7.08. The maximum absolute atomic E-state index is 12.7. The Hall–Kier alpha value is -0.650. The number of aliphatic hydroxyl groups is 2. The normalized spacial score (nSPS) is 13.3. The van der Waals surface area contributed by atoms with Gasteiger partial charge in [0.2, 0.25) is 0 Å². The average molecular weight is 500 g/mol. The highest BCUT2D eigenvalue weighted by Crippen LogP contribution is 2.20. The standard InChI is InChI=1S/C30H61NO4/c1-4-7-9-11-13-17-22-28(21-16-10-8-5-2)30(34)35-26-19-15-12-14-18-23-31(24-20-25-32)27-29(33)6-3/h28-29,32-33H,4-27H2,1-3H3. The van der Waals surface area contributed by atoms with Crippen LogP contribution in [0.3, 0.4) is 0 Å². The first-order valence-electron chi connectivity index (χ1n) is 15.3. The lowest BCUT2D eigenvalue weighted by Gasteiger charge is -2.24. The van der Waals surface area contributed by atoms with Gasteiger partial charge in [-0.1, -0.05) is 104 Å². The van der Waals surface area contributed by atoms with E-state index in [9.17, 15) is 9.90 Å². The Bertz CT molecular complexity index is 446. The molecular formula is C30H61NO4. The van der Waals surface area contributed by atoms with Crippen molar-refractivity contribution >= 4 is 5.97 Å². The van der Waals surface area contributed by atoms with E-state index in [1.54, 1.807) is 0 Å². The van der Waals surface area contributed by atoms with Gasteiger partial charge < -0.3 is 19.8 Å². The van der Waals surface area contributed by atoms with E-state index in [-0.39, 0.29) is 24.6 Å². The fourth-order valence-electron chi connectivity index (χ4n) is 4.64. The lowest BCUT2D eigenvalue weighted by Crippen LogP contribution is -2.34. The molecule has 2 unspecified atom stereocenters. The molecule has 0 fully saturated rings. The van der Waals surface area contributed by atoms with Gasteiger partial charge in [-0.2, -0.15) is 0 Å². The van der Waals surface area contributed by atoms with Crippen molar-refractivity contribution in [2.75, 3.05) is 32.8 Å². The number of ether oxygens (including phenoxy) is 1. The monoisotopic (exact) mass is 499 g/mol. The first-order chi connectivity index (χ1) is 17.1. The second-order valence-electron chi connectivity index (χ2n) is 10.5. The molecule has 0 saturated heterocycles. The zero-order chi connectivity index (χ0) is 26.0. The first kappa shape index (κ1) is 34.4. The van der Waals surface area contributed by atoms with Gasteiger partial charge in [-0.05, 0) is 45.1 Å². The molecule has 0 aromatic carbocycles. The van der Waals surface area contributed by atoms with Gasteiger partial charge in [0.05, 0.1) is 18.6 Å². The minimum absolute atomic E-state index is 0.0454. The highest BCUT2D eigenvalue weighted by molar-refractivity contribution is 5.72. The maximum atomic E-state index is 12.7.